The lowest BCUT2D eigenvalue weighted by atomic mass is 10.2. The van der Waals surface area contributed by atoms with Crippen LogP contribution in [0.1, 0.15) is 16.8 Å². The van der Waals surface area contributed by atoms with Gasteiger partial charge < -0.3 is 15.6 Å². The standard InChI is InChI=1S/C10H11NO4/c11-9(12)5-6-15-8-4-2-1-3-7(8)10(13)14/h1-4H,5-6H2,(H2,11,12)(H,13,14). The maximum atomic E-state index is 10.7. The number of carboxylic acids is 1. The lowest BCUT2D eigenvalue weighted by molar-refractivity contribution is -0.118. The van der Waals surface area contributed by atoms with E-state index in [0.717, 1.165) is 0 Å². The minimum absolute atomic E-state index is 0.0634. The van der Waals surface area contributed by atoms with Gasteiger partial charge in [0.25, 0.3) is 0 Å². The van der Waals surface area contributed by atoms with E-state index >= 15 is 0 Å². The highest BCUT2D eigenvalue weighted by atomic mass is 16.5. The fourth-order valence-electron chi connectivity index (χ4n) is 1.03. The second-order valence-corrected chi connectivity index (χ2v) is 2.87. The Hall–Kier alpha value is -2.04. The highest BCUT2D eigenvalue weighted by Crippen LogP contribution is 2.17. The predicted molar refractivity (Wildman–Crippen MR) is 52.7 cm³/mol. The van der Waals surface area contributed by atoms with E-state index in [4.69, 9.17) is 15.6 Å². The Kier molecular flexibility index (Phi) is 3.68. The fourth-order valence-corrected chi connectivity index (χ4v) is 1.03. The van der Waals surface area contributed by atoms with Crippen LogP contribution in [-0.2, 0) is 4.79 Å². The molecule has 0 fully saturated rings. The molecule has 5 heteroatoms. The van der Waals surface area contributed by atoms with Crippen molar-refractivity contribution in [3.05, 3.63) is 29.8 Å². The first-order chi connectivity index (χ1) is 7.11. The van der Waals surface area contributed by atoms with Crippen LogP contribution >= 0.6 is 0 Å². The molecule has 0 spiro atoms. The van der Waals surface area contributed by atoms with Gasteiger partial charge in [0.05, 0.1) is 13.0 Å². The van der Waals surface area contributed by atoms with E-state index < -0.39 is 11.9 Å². The van der Waals surface area contributed by atoms with Gasteiger partial charge in [-0.25, -0.2) is 4.79 Å². The van der Waals surface area contributed by atoms with Crippen LogP contribution in [0.15, 0.2) is 24.3 Å². The third-order valence-electron chi connectivity index (χ3n) is 1.72. The molecule has 0 radical (unpaired) electrons. The Morgan fingerprint density at radius 2 is 2.00 bits per heavy atom. The monoisotopic (exact) mass is 209 g/mol. The van der Waals surface area contributed by atoms with Crippen molar-refractivity contribution in [2.24, 2.45) is 5.73 Å². The van der Waals surface area contributed by atoms with Crippen LogP contribution in [0.4, 0.5) is 0 Å². The van der Waals surface area contributed by atoms with Crippen LogP contribution in [0.2, 0.25) is 0 Å². The molecular weight excluding hydrogens is 198 g/mol. The van der Waals surface area contributed by atoms with Gasteiger partial charge in [0, 0.05) is 0 Å². The first-order valence-corrected chi connectivity index (χ1v) is 4.34. The van der Waals surface area contributed by atoms with Gasteiger partial charge in [0.2, 0.25) is 5.91 Å². The van der Waals surface area contributed by atoms with Gasteiger partial charge >= 0.3 is 5.97 Å². The number of carboxylic acid groups (broad SMARTS) is 1. The van der Waals surface area contributed by atoms with Gasteiger partial charge in [-0.1, -0.05) is 12.1 Å². The molecule has 15 heavy (non-hydrogen) atoms. The summed E-state index contributed by atoms with van der Waals surface area (Å²) in [6.07, 6.45) is 0.0634. The topological polar surface area (TPSA) is 89.6 Å². The fraction of sp³-hybridized carbons (Fsp3) is 0.200. The number of benzene rings is 1. The van der Waals surface area contributed by atoms with Crippen LogP contribution < -0.4 is 10.5 Å². The third-order valence-corrected chi connectivity index (χ3v) is 1.72. The van der Waals surface area contributed by atoms with Gasteiger partial charge in [-0.3, -0.25) is 4.79 Å². The zero-order chi connectivity index (χ0) is 11.3. The van der Waals surface area contributed by atoms with Gasteiger partial charge in [-0.2, -0.15) is 0 Å². The highest BCUT2D eigenvalue weighted by molar-refractivity contribution is 5.90. The predicted octanol–water partition coefficient (Wildman–Crippen LogP) is 0.639. The molecule has 0 heterocycles. The first kappa shape index (κ1) is 11.0. The summed E-state index contributed by atoms with van der Waals surface area (Å²) in [6, 6.07) is 6.23. The Labute approximate surface area is 86.5 Å². The SMILES string of the molecule is NC(=O)CCOc1ccccc1C(=O)O. The largest absolute Gasteiger partial charge is 0.492 e. The molecule has 80 valence electrons. The molecule has 5 nitrogen and oxygen atoms in total. The van der Waals surface area contributed by atoms with Crippen molar-refractivity contribution in [2.45, 2.75) is 6.42 Å². The number of nitrogens with two attached hydrogens (primary N) is 1. The summed E-state index contributed by atoms with van der Waals surface area (Å²) in [5.41, 5.74) is 4.99. The van der Waals surface area contributed by atoms with Crippen molar-refractivity contribution < 1.29 is 19.4 Å². The summed E-state index contributed by atoms with van der Waals surface area (Å²) in [5.74, 6) is -1.31. The summed E-state index contributed by atoms with van der Waals surface area (Å²) in [7, 11) is 0. The molecule has 1 rings (SSSR count). The number of para-hydroxylation sites is 1. The van der Waals surface area contributed by atoms with E-state index in [0.29, 0.717) is 0 Å². The molecule has 0 aromatic heterocycles. The maximum absolute atomic E-state index is 10.7. The molecular formula is C10H11NO4. The van der Waals surface area contributed by atoms with Crippen LogP contribution in [0.25, 0.3) is 0 Å². The van der Waals surface area contributed by atoms with Gasteiger partial charge in [-0.05, 0) is 12.1 Å². The summed E-state index contributed by atoms with van der Waals surface area (Å²) >= 11 is 0. The molecule has 3 N–H and O–H groups in total. The smallest absolute Gasteiger partial charge is 0.339 e. The number of aromatic carboxylic acids is 1. The molecule has 0 bridgehead atoms. The highest BCUT2D eigenvalue weighted by Gasteiger charge is 2.09. The lowest BCUT2D eigenvalue weighted by Crippen LogP contribution is -2.15. The normalized spacial score (nSPS) is 9.60. The maximum Gasteiger partial charge on any atom is 0.339 e. The summed E-state index contributed by atoms with van der Waals surface area (Å²) in [5, 5.41) is 8.80. The molecule has 0 unspecified atom stereocenters. The van der Waals surface area contributed by atoms with Gasteiger partial charge in [0.1, 0.15) is 11.3 Å². The minimum Gasteiger partial charge on any atom is -0.492 e. The zero-order valence-corrected chi connectivity index (χ0v) is 7.97. The van der Waals surface area contributed by atoms with Crippen LogP contribution in [0, 0.1) is 0 Å². The number of primary amides is 1. The quantitative estimate of drug-likeness (QED) is 0.744. The molecule has 1 aromatic rings. The van der Waals surface area contributed by atoms with Crippen LogP contribution in [-0.4, -0.2) is 23.6 Å². The lowest BCUT2D eigenvalue weighted by Gasteiger charge is -2.07. The van der Waals surface area contributed by atoms with Crippen LogP contribution in [0.3, 0.4) is 0 Å². The van der Waals surface area contributed by atoms with Gasteiger partial charge in [-0.15, -0.1) is 0 Å². The average molecular weight is 209 g/mol. The molecule has 0 atom stereocenters. The van der Waals surface area contributed by atoms with Crippen molar-refractivity contribution in [1.29, 1.82) is 0 Å². The van der Waals surface area contributed by atoms with Crippen molar-refractivity contribution in [3.8, 4) is 5.75 Å². The molecule has 0 aliphatic rings. The molecule has 1 aromatic carbocycles. The van der Waals surface area contributed by atoms with Crippen molar-refractivity contribution in [2.75, 3.05) is 6.61 Å². The van der Waals surface area contributed by atoms with Crippen molar-refractivity contribution >= 4 is 11.9 Å². The minimum atomic E-state index is -1.07. The molecule has 0 saturated carbocycles. The number of hydrogen-bond acceptors (Lipinski definition) is 3. The first-order valence-electron chi connectivity index (χ1n) is 4.34. The number of amides is 1. The molecule has 0 aliphatic carbocycles. The van der Waals surface area contributed by atoms with E-state index in [1.807, 2.05) is 0 Å². The van der Waals surface area contributed by atoms with E-state index in [1.165, 1.54) is 12.1 Å². The summed E-state index contributed by atoms with van der Waals surface area (Å²) in [6.45, 7) is 0.0830. The second kappa shape index (κ2) is 4.99. The van der Waals surface area contributed by atoms with E-state index in [9.17, 15) is 9.59 Å². The number of carbonyl (C=O) groups is 2. The Bertz CT molecular complexity index is 375. The zero-order valence-electron chi connectivity index (χ0n) is 7.97. The van der Waals surface area contributed by atoms with E-state index in [-0.39, 0.29) is 24.3 Å². The average Bonchev–Trinajstić information content (AvgIpc) is 2.17. The third kappa shape index (κ3) is 3.30. The van der Waals surface area contributed by atoms with Crippen molar-refractivity contribution in [1.82, 2.24) is 0 Å². The Morgan fingerprint density at radius 3 is 2.60 bits per heavy atom. The Morgan fingerprint density at radius 1 is 1.33 bits per heavy atom. The van der Waals surface area contributed by atoms with Gasteiger partial charge in [0.15, 0.2) is 0 Å². The number of ether oxygens (including phenoxy) is 1. The molecule has 0 saturated heterocycles. The number of carbonyl (C=O) groups excluding carboxylic acids is 1. The number of hydrogen-bond donors (Lipinski definition) is 2. The molecule has 1 amide bonds. The van der Waals surface area contributed by atoms with Crippen LogP contribution in [0.5, 0.6) is 5.75 Å². The summed E-state index contributed by atoms with van der Waals surface area (Å²) in [4.78, 5) is 21.2. The second-order valence-electron chi connectivity index (χ2n) is 2.87. The Balaban J connectivity index is 2.67. The van der Waals surface area contributed by atoms with E-state index in [1.54, 1.807) is 12.1 Å². The van der Waals surface area contributed by atoms with Crippen molar-refractivity contribution in [3.63, 3.8) is 0 Å². The molecule has 0 aliphatic heterocycles. The van der Waals surface area contributed by atoms with E-state index in [2.05, 4.69) is 0 Å². The number of rotatable bonds is 5. The summed E-state index contributed by atoms with van der Waals surface area (Å²) < 4.78 is 5.13.